The van der Waals surface area contributed by atoms with Gasteiger partial charge < -0.3 is 9.84 Å². The van der Waals surface area contributed by atoms with Crippen molar-refractivity contribution in [3.05, 3.63) is 0 Å². The van der Waals surface area contributed by atoms with Crippen LogP contribution in [0.15, 0.2) is 0 Å². The topological polar surface area (TPSA) is 63.6 Å². The summed E-state index contributed by atoms with van der Waals surface area (Å²) in [5, 5.41) is 8.06. The molecular formula is C6H7F3O4. The Bertz CT molecular complexity index is 199. The van der Waals surface area contributed by atoms with Crippen LogP contribution in [-0.2, 0) is 14.3 Å². The van der Waals surface area contributed by atoms with Crippen LogP contribution >= 0.6 is 0 Å². The Balaban J connectivity index is 3.58. The third kappa shape index (κ3) is 8.64. The lowest BCUT2D eigenvalue weighted by atomic mass is 10.3. The molecule has 7 heteroatoms. The molecule has 0 heterocycles. The molecule has 0 saturated carbocycles. The predicted molar refractivity (Wildman–Crippen MR) is 33.9 cm³/mol. The summed E-state index contributed by atoms with van der Waals surface area (Å²) < 4.78 is 38.0. The first-order valence-corrected chi connectivity index (χ1v) is 3.25. The van der Waals surface area contributed by atoms with Crippen LogP contribution in [0.3, 0.4) is 0 Å². The summed E-state index contributed by atoms with van der Waals surface area (Å²) in [5.41, 5.74) is 0. The number of rotatable bonds is 4. The van der Waals surface area contributed by atoms with Gasteiger partial charge >= 0.3 is 18.1 Å². The summed E-state index contributed by atoms with van der Waals surface area (Å²) in [6.45, 7) is -1.68. The van der Waals surface area contributed by atoms with Crippen molar-refractivity contribution in [2.45, 2.75) is 19.0 Å². The van der Waals surface area contributed by atoms with E-state index in [1.807, 2.05) is 0 Å². The van der Waals surface area contributed by atoms with E-state index in [9.17, 15) is 22.8 Å². The van der Waals surface area contributed by atoms with Crippen molar-refractivity contribution in [3.63, 3.8) is 0 Å². The van der Waals surface area contributed by atoms with Gasteiger partial charge in [-0.2, -0.15) is 13.2 Å². The monoisotopic (exact) mass is 200 g/mol. The number of ether oxygens (including phenoxy) is 1. The number of carboxylic acids is 1. The van der Waals surface area contributed by atoms with Crippen molar-refractivity contribution in [2.24, 2.45) is 0 Å². The molecule has 0 aromatic carbocycles. The van der Waals surface area contributed by atoms with Gasteiger partial charge in [-0.25, -0.2) is 0 Å². The summed E-state index contributed by atoms with van der Waals surface area (Å²) in [6.07, 6.45) is -5.65. The van der Waals surface area contributed by atoms with E-state index < -0.39 is 37.6 Å². The van der Waals surface area contributed by atoms with Gasteiger partial charge in [-0.1, -0.05) is 0 Å². The Hall–Kier alpha value is -1.27. The third-order valence-corrected chi connectivity index (χ3v) is 0.940. The van der Waals surface area contributed by atoms with E-state index in [0.717, 1.165) is 0 Å². The molecule has 4 nitrogen and oxygen atoms in total. The zero-order valence-corrected chi connectivity index (χ0v) is 6.43. The van der Waals surface area contributed by atoms with Gasteiger partial charge in [0.15, 0.2) is 6.61 Å². The fourth-order valence-electron chi connectivity index (χ4n) is 0.443. The number of carboxylic acid groups (broad SMARTS) is 1. The maximum absolute atomic E-state index is 11.4. The molecule has 0 aliphatic rings. The van der Waals surface area contributed by atoms with E-state index in [4.69, 9.17) is 5.11 Å². The van der Waals surface area contributed by atoms with Crippen LogP contribution in [0.4, 0.5) is 13.2 Å². The number of hydrogen-bond donors (Lipinski definition) is 1. The standard InChI is InChI=1S/C6H7F3O4/c7-6(8,9)3-13-5(12)2-1-4(10)11/h1-3H2,(H,10,11). The van der Waals surface area contributed by atoms with E-state index in [0.29, 0.717) is 0 Å². The lowest BCUT2D eigenvalue weighted by Gasteiger charge is -2.06. The lowest BCUT2D eigenvalue weighted by Crippen LogP contribution is -2.20. The highest BCUT2D eigenvalue weighted by molar-refractivity contribution is 5.76. The van der Waals surface area contributed by atoms with Crippen LogP contribution in [0.1, 0.15) is 12.8 Å². The van der Waals surface area contributed by atoms with Gasteiger partial charge in [0.2, 0.25) is 0 Å². The van der Waals surface area contributed by atoms with E-state index in [-0.39, 0.29) is 0 Å². The van der Waals surface area contributed by atoms with E-state index in [2.05, 4.69) is 4.74 Å². The molecular weight excluding hydrogens is 193 g/mol. The van der Waals surface area contributed by atoms with Gasteiger partial charge in [0.25, 0.3) is 0 Å². The number of hydrogen-bond acceptors (Lipinski definition) is 3. The van der Waals surface area contributed by atoms with Gasteiger partial charge in [-0.3, -0.25) is 9.59 Å². The molecule has 0 aliphatic carbocycles. The number of alkyl halides is 3. The first-order valence-electron chi connectivity index (χ1n) is 3.25. The summed E-state index contributed by atoms with van der Waals surface area (Å²) in [5.74, 6) is -2.43. The van der Waals surface area contributed by atoms with Crippen molar-refractivity contribution in [1.82, 2.24) is 0 Å². The lowest BCUT2D eigenvalue weighted by molar-refractivity contribution is -0.186. The average Bonchev–Trinajstić information content (AvgIpc) is 1.95. The first kappa shape index (κ1) is 11.7. The van der Waals surface area contributed by atoms with Crippen LogP contribution < -0.4 is 0 Å². The second kappa shape index (κ2) is 4.68. The summed E-state index contributed by atoms with van der Waals surface area (Å²) in [7, 11) is 0. The minimum atomic E-state index is -4.57. The Labute approximate surface area is 71.3 Å². The zero-order chi connectivity index (χ0) is 10.5. The van der Waals surface area contributed by atoms with E-state index >= 15 is 0 Å². The molecule has 0 bridgehead atoms. The van der Waals surface area contributed by atoms with Gasteiger partial charge in [-0.05, 0) is 0 Å². The minimum Gasteiger partial charge on any atom is -0.481 e. The maximum atomic E-state index is 11.4. The molecule has 0 fully saturated rings. The Morgan fingerprint density at radius 2 is 1.77 bits per heavy atom. The highest BCUT2D eigenvalue weighted by Gasteiger charge is 2.29. The molecule has 0 amide bonds. The molecule has 76 valence electrons. The van der Waals surface area contributed by atoms with Crippen LogP contribution in [0.2, 0.25) is 0 Å². The molecule has 0 aliphatic heterocycles. The smallest absolute Gasteiger partial charge is 0.422 e. The Morgan fingerprint density at radius 1 is 1.23 bits per heavy atom. The quantitative estimate of drug-likeness (QED) is 0.686. The number of carbonyl (C=O) groups is 2. The third-order valence-electron chi connectivity index (χ3n) is 0.940. The molecule has 0 saturated heterocycles. The molecule has 0 radical (unpaired) electrons. The largest absolute Gasteiger partial charge is 0.481 e. The minimum absolute atomic E-state index is 0.531. The summed E-state index contributed by atoms with van der Waals surface area (Å²) in [4.78, 5) is 20.3. The highest BCUT2D eigenvalue weighted by atomic mass is 19.4. The molecule has 0 aromatic rings. The molecule has 0 spiro atoms. The second-order valence-corrected chi connectivity index (χ2v) is 2.17. The van der Waals surface area contributed by atoms with Crippen molar-refractivity contribution >= 4 is 11.9 Å². The van der Waals surface area contributed by atoms with Gasteiger partial charge in [0.1, 0.15) is 0 Å². The number of carbonyl (C=O) groups excluding carboxylic acids is 1. The van der Waals surface area contributed by atoms with Crippen LogP contribution in [0.25, 0.3) is 0 Å². The molecule has 0 aromatic heterocycles. The zero-order valence-electron chi connectivity index (χ0n) is 6.43. The number of halogens is 3. The fraction of sp³-hybridized carbons (Fsp3) is 0.667. The SMILES string of the molecule is O=C(O)CCC(=O)OCC(F)(F)F. The number of esters is 1. The van der Waals surface area contributed by atoms with Crippen LogP contribution in [0, 0.1) is 0 Å². The summed E-state index contributed by atoms with van der Waals surface area (Å²) in [6, 6.07) is 0. The first-order chi connectivity index (χ1) is 5.81. The second-order valence-electron chi connectivity index (χ2n) is 2.17. The van der Waals surface area contributed by atoms with Crippen molar-refractivity contribution in [3.8, 4) is 0 Å². The Kier molecular flexibility index (Phi) is 4.22. The maximum Gasteiger partial charge on any atom is 0.422 e. The molecule has 1 N–H and O–H groups in total. The predicted octanol–water partition coefficient (Wildman–Crippen LogP) is 0.957. The fourth-order valence-corrected chi connectivity index (χ4v) is 0.443. The van der Waals surface area contributed by atoms with Crippen LogP contribution in [0.5, 0.6) is 0 Å². The highest BCUT2D eigenvalue weighted by Crippen LogP contribution is 2.14. The van der Waals surface area contributed by atoms with Gasteiger partial charge in [-0.15, -0.1) is 0 Å². The Morgan fingerprint density at radius 3 is 2.15 bits per heavy atom. The molecule has 13 heavy (non-hydrogen) atoms. The van der Waals surface area contributed by atoms with E-state index in [1.165, 1.54) is 0 Å². The van der Waals surface area contributed by atoms with Crippen molar-refractivity contribution < 1.29 is 32.6 Å². The normalized spacial score (nSPS) is 11.0. The van der Waals surface area contributed by atoms with Gasteiger partial charge in [0, 0.05) is 0 Å². The van der Waals surface area contributed by atoms with Crippen molar-refractivity contribution in [2.75, 3.05) is 6.61 Å². The molecule has 0 unspecified atom stereocenters. The summed E-state index contributed by atoms with van der Waals surface area (Å²) >= 11 is 0. The van der Waals surface area contributed by atoms with E-state index in [1.54, 1.807) is 0 Å². The van der Waals surface area contributed by atoms with Crippen LogP contribution in [-0.4, -0.2) is 29.8 Å². The van der Waals surface area contributed by atoms with Crippen molar-refractivity contribution in [1.29, 1.82) is 0 Å². The molecule has 0 rings (SSSR count). The average molecular weight is 200 g/mol. The molecule has 0 atom stereocenters. The van der Waals surface area contributed by atoms with Gasteiger partial charge in [0.05, 0.1) is 12.8 Å². The number of aliphatic carboxylic acids is 1.